The molecule has 22 heavy (non-hydrogen) atoms. The topological polar surface area (TPSA) is 36.3 Å². The van der Waals surface area contributed by atoms with Crippen molar-refractivity contribution in [3.05, 3.63) is 59.9 Å². The van der Waals surface area contributed by atoms with E-state index in [0.29, 0.717) is 18.8 Å². The average molecular weight is 298 g/mol. The van der Waals surface area contributed by atoms with Gasteiger partial charge in [0.05, 0.1) is 18.6 Å². The second-order valence-electron chi connectivity index (χ2n) is 5.26. The Balaban J connectivity index is 1.96. The van der Waals surface area contributed by atoms with Crippen molar-refractivity contribution in [2.45, 2.75) is 12.3 Å². The summed E-state index contributed by atoms with van der Waals surface area (Å²) in [5.41, 5.74) is 2.05. The fraction of sp³-hybridized carbons (Fsp3) is 0.278. The van der Waals surface area contributed by atoms with Crippen LogP contribution in [0.5, 0.6) is 5.75 Å². The first-order chi connectivity index (χ1) is 10.6. The number of hydrogen-bond acceptors (Lipinski definition) is 3. The van der Waals surface area contributed by atoms with E-state index >= 15 is 0 Å². The molecule has 114 valence electrons. The molecule has 0 bridgehead atoms. The molecule has 1 unspecified atom stereocenters. The van der Waals surface area contributed by atoms with E-state index < -0.39 is 0 Å². The van der Waals surface area contributed by atoms with Crippen molar-refractivity contribution in [2.24, 2.45) is 0 Å². The highest BCUT2D eigenvalue weighted by Crippen LogP contribution is 2.23. The molecule has 0 saturated carbocycles. The maximum absolute atomic E-state index is 12.8. The quantitative estimate of drug-likeness (QED) is 0.809. The van der Waals surface area contributed by atoms with Crippen molar-refractivity contribution in [3.63, 3.8) is 0 Å². The molecule has 0 aliphatic rings. The Morgan fingerprint density at radius 3 is 2.55 bits per heavy atom. The number of benzene rings is 2. The van der Waals surface area contributed by atoms with Crippen LogP contribution in [0.25, 0.3) is 0 Å². The molecule has 0 amide bonds. The molecule has 2 aromatic carbocycles. The van der Waals surface area contributed by atoms with Crippen molar-refractivity contribution in [1.29, 1.82) is 5.26 Å². The van der Waals surface area contributed by atoms with Crippen LogP contribution in [0.1, 0.15) is 17.9 Å². The molecular formula is C18H19FN2O. The molecule has 0 spiro atoms. The van der Waals surface area contributed by atoms with Gasteiger partial charge in [-0.05, 0) is 42.0 Å². The van der Waals surface area contributed by atoms with Gasteiger partial charge < -0.3 is 9.64 Å². The molecule has 0 N–H and O–H groups in total. The second-order valence-corrected chi connectivity index (χ2v) is 5.26. The summed E-state index contributed by atoms with van der Waals surface area (Å²) in [6, 6.07) is 16.2. The SMILES string of the molecule is CN(C)c1cccc(C(C#N)CCOc2ccc(F)cc2)c1. The van der Waals surface area contributed by atoms with Crippen LogP contribution in [0.4, 0.5) is 10.1 Å². The lowest BCUT2D eigenvalue weighted by Crippen LogP contribution is -2.10. The van der Waals surface area contributed by atoms with Gasteiger partial charge in [0.15, 0.2) is 0 Å². The highest BCUT2D eigenvalue weighted by atomic mass is 19.1. The van der Waals surface area contributed by atoms with E-state index in [1.165, 1.54) is 12.1 Å². The van der Waals surface area contributed by atoms with Crippen molar-refractivity contribution in [3.8, 4) is 11.8 Å². The number of nitriles is 1. The van der Waals surface area contributed by atoms with E-state index in [2.05, 4.69) is 6.07 Å². The van der Waals surface area contributed by atoms with Crippen LogP contribution in [-0.4, -0.2) is 20.7 Å². The lowest BCUT2D eigenvalue weighted by Gasteiger charge is -2.16. The van der Waals surface area contributed by atoms with Gasteiger partial charge in [0, 0.05) is 26.2 Å². The highest BCUT2D eigenvalue weighted by Gasteiger charge is 2.12. The molecule has 0 aliphatic heterocycles. The van der Waals surface area contributed by atoms with Crippen molar-refractivity contribution in [1.82, 2.24) is 0 Å². The summed E-state index contributed by atoms with van der Waals surface area (Å²) in [4.78, 5) is 2.01. The Labute approximate surface area is 130 Å². The molecule has 0 saturated heterocycles. The number of hydrogen-bond donors (Lipinski definition) is 0. The third kappa shape index (κ3) is 4.23. The van der Waals surface area contributed by atoms with Gasteiger partial charge in [-0.3, -0.25) is 0 Å². The highest BCUT2D eigenvalue weighted by molar-refractivity contribution is 5.48. The molecule has 2 rings (SSSR count). The number of ether oxygens (including phenoxy) is 1. The Hall–Kier alpha value is -2.54. The number of rotatable bonds is 6. The summed E-state index contributed by atoms with van der Waals surface area (Å²) in [5, 5.41) is 9.37. The van der Waals surface area contributed by atoms with Crippen LogP contribution in [0.3, 0.4) is 0 Å². The zero-order chi connectivity index (χ0) is 15.9. The van der Waals surface area contributed by atoms with Gasteiger partial charge in [-0.1, -0.05) is 12.1 Å². The lowest BCUT2D eigenvalue weighted by molar-refractivity contribution is 0.305. The Morgan fingerprint density at radius 1 is 1.18 bits per heavy atom. The molecule has 0 radical (unpaired) electrons. The Bertz CT molecular complexity index is 647. The van der Waals surface area contributed by atoms with E-state index in [9.17, 15) is 9.65 Å². The van der Waals surface area contributed by atoms with E-state index in [0.717, 1.165) is 11.3 Å². The fourth-order valence-electron chi connectivity index (χ4n) is 2.15. The van der Waals surface area contributed by atoms with Crippen LogP contribution >= 0.6 is 0 Å². The van der Waals surface area contributed by atoms with Gasteiger partial charge in [0.2, 0.25) is 0 Å². The monoisotopic (exact) mass is 298 g/mol. The van der Waals surface area contributed by atoms with E-state index in [4.69, 9.17) is 4.74 Å². The smallest absolute Gasteiger partial charge is 0.123 e. The zero-order valence-electron chi connectivity index (χ0n) is 12.8. The molecule has 3 nitrogen and oxygen atoms in total. The minimum absolute atomic E-state index is 0.222. The normalized spacial score (nSPS) is 11.5. The number of anilines is 1. The van der Waals surface area contributed by atoms with Gasteiger partial charge in [-0.2, -0.15) is 5.26 Å². The number of halogens is 1. The van der Waals surface area contributed by atoms with Crippen LogP contribution < -0.4 is 9.64 Å². The van der Waals surface area contributed by atoms with Gasteiger partial charge in [-0.15, -0.1) is 0 Å². The molecule has 1 atom stereocenters. The van der Waals surface area contributed by atoms with E-state index in [1.54, 1.807) is 12.1 Å². The Kier molecular flexibility index (Phi) is 5.37. The summed E-state index contributed by atoms with van der Waals surface area (Å²) < 4.78 is 18.4. The first-order valence-electron chi connectivity index (χ1n) is 7.15. The standard InChI is InChI=1S/C18H19FN2O/c1-21(2)17-5-3-4-14(12-17)15(13-20)10-11-22-18-8-6-16(19)7-9-18/h3-9,12,15H,10-11H2,1-2H3. The molecular weight excluding hydrogens is 279 g/mol. The lowest BCUT2D eigenvalue weighted by atomic mass is 9.97. The fourth-order valence-corrected chi connectivity index (χ4v) is 2.15. The van der Waals surface area contributed by atoms with Crippen LogP contribution in [0.2, 0.25) is 0 Å². The van der Waals surface area contributed by atoms with Crippen LogP contribution in [0.15, 0.2) is 48.5 Å². The van der Waals surface area contributed by atoms with Crippen molar-refractivity contribution < 1.29 is 9.13 Å². The minimum atomic E-state index is -0.289. The average Bonchev–Trinajstić information content (AvgIpc) is 2.53. The molecule has 0 heterocycles. The summed E-state index contributed by atoms with van der Waals surface area (Å²) in [7, 11) is 3.94. The van der Waals surface area contributed by atoms with Gasteiger partial charge in [0.25, 0.3) is 0 Å². The second kappa shape index (κ2) is 7.46. The molecule has 0 fully saturated rings. The minimum Gasteiger partial charge on any atom is -0.494 e. The van der Waals surface area contributed by atoms with Crippen LogP contribution in [0, 0.1) is 17.1 Å². The molecule has 0 aliphatic carbocycles. The van der Waals surface area contributed by atoms with Gasteiger partial charge >= 0.3 is 0 Å². The molecule has 0 aromatic heterocycles. The van der Waals surface area contributed by atoms with E-state index in [1.807, 2.05) is 43.3 Å². The zero-order valence-corrected chi connectivity index (χ0v) is 12.8. The van der Waals surface area contributed by atoms with Crippen molar-refractivity contribution in [2.75, 3.05) is 25.6 Å². The predicted octanol–water partition coefficient (Wildman–Crippen LogP) is 3.97. The molecule has 2 aromatic rings. The first kappa shape index (κ1) is 15.8. The molecule has 4 heteroatoms. The van der Waals surface area contributed by atoms with Gasteiger partial charge in [-0.25, -0.2) is 4.39 Å². The summed E-state index contributed by atoms with van der Waals surface area (Å²) in [6.07, 6.45) is 0.588. The first-order valence-corrected chi connectivity index (χ1v) is 7.15. The maximum Gasteiger partial charge on any atom is 0.123 e. The summed E-state index contributed by atoms with van der Waals surface area (Å²) in [5.74, 6) is 0.100. The number of nitrogens with zero attached hydrogens (tertiary/aromatic N) is 2. The Morgan fingerprint density at radius 2 is 1.91 bits per heavy atom. The van der Waals surface area contributed by atoms with Gasteiger partial charge in [0.1, 0.15) is 11.6 Å². The largest absolute Gasteiger partial charge is 0.494 e. The summed E-state index contributed by atoms with van der Waals surface area (Å²) in [6.45, 7) is 0.413. The van der Waals surface area contributed by atoms with Crippen molar-refractivity contribution >= 4 is 5.69 Å². The van der Waals surface area contributed by atoms with Crippen LogP contribution in [-0.2, 0) is 0 Å². The maximum atomic E-state index is 12.8. The third-order valence-corrected chi connectivity index (χ3v) is 3.43. The summed E-state index contributed by atoms with van der Waals surface area (Å²) >= 11 is 0. The predicted molar refractivity (Wildman–Crippen MR) is 85.6 cm³/mol. The van der Waals surface area contributed by atoms with E-state index in [-0.39, 0.29) is 11.7 Å². The third-order valence-electron chi connectivity index (χ3n) is 3.43.